The van der Waals surface area contributed by atoms with Crippen LogP contribution in [0.1, 0.15) is 18.4 Å². The Morgan fingerprint density at radius 2 is 2.39 bits per heavy atom. The summed E-state index contributed by atoms with van der Waals surface area (Å²) in [4.78, 5) is 11.8. The van der Waals surface area contributed by atoms with Gasteiger partial charge in [-0.05, 0) is 43.1 Å². The average molecular weight is 332 g/mol. The van der Waals surface area contributed by atoms with Crippen molar-refractivity contribution in [2.24, 2.45) is 0 Å². The van der Waals surface area contributed by atoms with Crippen molar-refractivity contribution in [1.29, 1.82) is 0 Å². The Morgan fingerprint density at radius 1 is 1.56 bits per heavy atom. The number of benzene rings is 1. The second-order valence-electron chi connectivity index (χ2n) is 4.49. The number of aryl methyl sites for hydroxylation is 1. The molecule has 0 aliphatic carbocycles. The van der Waals surface area contributed by atoms with Gasteiger partial charge < -0.3 is 10.6 Å². The molecule has 2 rings (SSSR count). The van der Waals surface area contributed by atoms with E-state index in [1.165, 1.54) is 0 Å². The molecule has 1 atom stereocenters. The summed E-state index contributed by atoms with van der Waals surface area (Å²) in [6.45, 7) is 1.87. The molecule has 1 heterocycles. The topological polar surface area (TPSA) is 41.1 Å². The first-order valence-corrected chi connectivity index (χ1v) is 7.26. The molecule has 0 spiro atoms. The SMILES string of the molecule is O=C(CCc1cc(Cl)ccc1Br)NC1CCNC1. The van der Waals surface area contributed by atoms with E-state index in [1.54, 1.807) is 0 Å². The second kappa shape index (κ2) is 6.55. The van der Waals surface area contributed by atoms with Crippen LogP contribution in [0.5, 0.6) is 0 Å². The standard InChI is InChI=1S/C13H16BrClN2O/c14-12-3-2-10(15)7-9(12)1-4-13(18)17-11-5-6-16-8-11/h2-3,7,11,16H,1,4-6,8H2,(H,17,18). The number of rotatable bonds is 4. The number of carbonyl (C=O) groups excluding carboxylic acids is 1. The van der Waals surface area contributed by atoms with E-state index in [4.69, 9.17) is 11.6 Å². The third-order valence-electron chi connectivity index (χ3n) is 3.05. The normalized spacial score (nSPS) is 18.9. The van der Waals surface area contributed by atoms with Crippen molar-refractivity contribution in [3.63, 3.8) is 0 Å². The van der Waals surface area contributed by atoms with Crippen LogP contribution in [0.4, 0.5) is 0 Å². The van der Waals surface area contributed by atoms with E-state index in [2.05, 4.69) is 26.6 Å². The van der Waals surface area contributed by atoms with E-state index >= 15 is 0 Å². The highest BCUT2D eigenvalue weighted by molar-refractivity contribution is 9.10. The lowest BCUT2D eigenvalue weighted by Gasteiger charge is -2.11. The summed E-state index contributed by atoms with van der Waals surface area (Å²) in [6.07, 6.45) is 2.22. The van der Waals surface area contributed by atoms with Crippen LogP contribution in [-0.4, -0.2) is 25.0 Å². The fourth-order valence-corrected chi connectivity index (χ4v) is 2.70. The Morgan fingerprint density at radius 3 is 3.11 bits per heavy atom. The highest BCUT2D eigenvalue weighted by Crippen LogP contribution is 2.22. The maximum Gasteiger partial charge on any atom is 0.220 e. The zero-order valence-corrected chi connectivity index (χ0v) is 12.4. The molecule has 0 radical (unpaired) electrons. The molecule has 1 aliphatic rings. The Balaban J connectivity index is 1.83. The van der Waals surface area contributed by atoms with E-state index in [0.717, 1.165) is 29.5 Å². The highest BCUT2D eigenvalue weighted by atomic mass is 79.9. The number of hydrogen-bond acceptors (Lipinski definition) is 2. The van der Waals surface area contributed by atoms with Gasteiger partial charge in [0, 0.05) is 28.5 Å². The molecule has 3 nitrogen and oxygen atoms in total. The van der Waals surface area contributed by atoms with Gasteiger partial charge >= 0.3 is 0 Å². The summed E-state index contributed by atoms with van der Waals surface area (Å²) in [6, 6.07) is 5.94. The quantitative estimate of drug-likeness (QED) is 0.890. The molecular formula is C13H16BrClN2O. The largest absolute Gasteiger partial charge is 0.352 e. The van der Waals surface area contributed by atoms with Crippen LogP contribution in [0.2, 0.25) is 5.02 Å². The molecule has 98 valence electrons. The minimum atomic E-state index is 0.107. The predicted molar refractivity (Wildman–Crippen MR) is 76.9 cm³/mol. The smallest absolute Gasteiger partial charge is 0.220 e. The van der Waals surface area contributed by atoms with Crippen LogP contribution in [0.3, 0.4) is 0 Å². The van der Waals surface area contributed by atoms with Crippen molar-refractivity contribution in [2.45, 2.75) is 25.3 Å². The summed E-state index contributed by atoms with van der Waals surface area (Å²) in [5.74, 6) is 0.107. The zero-order valence-electron chi connectivity index (χ0n) is 10.0. The van der Waals surface area contributed by atoms with Gasteiger partial charge in [-0.3, -0.25) is 4.79 Å². The summed E-state index contributed by atoms with van der Waals surface area (Å²) in [5.41, 5.74) is 1.07. The van der Waals surface area contributed by atoms with Crippen LogP contribution in [0.25, 0.3) is 0 Å². The number of hydrogen-bond donors (Lipinski definition) is 2. The maximum atomic E-state index is 11.8. The third-order valence-corrected chi connectivity index (χ3v) is 4.06. The molecule has 0 aromatic heterocycles. The predicted octanol–water partition coefficient (Wildman–Crippen LogP) is 2.51. The van der Waals surface area contributed by atoms with Crippen molar-refractivity contribution in [1.82, 2.24) is 10.6 Å². The first-order chi connectivity index (χ1) is 8.65. The van der Waals surface area contributed by atoms with Gasteiger partial charge in [0.05, 0.1) is 0 Å². The third kappa shape index (κ3) is 3.97. The number of nitrogens with one attached hydrogen (secondary N) is 2. The van der Waals surface area contributed by atoms with E-state index in [9.17, 15) is 4.79 Å². The van der Waals surface area contributed by atoms with Gasteiger partial charge in [0.2, 0.25) is 5.91 Å². The molecule has 1 aromatic rings. The van der Waals surface area contributed by atoms with Crippen molar-refractivity contribution < 1.29 is 4.79 Å². The van der Waals surface area contributed by atoms with Crippen LogP contribution in [0, 0.1) is 0 Å². The van der Waals surface area contributed by atoms with E-state index in [1.807, 2.05) is 18.2 Å². The second-order valence-corrected chi connectivity index (χ2v) is 5.78. The van der Waals surface area contributed by atoms with Crippen LogP contribution in [0.15, 0.2) is 22.7 Å². The molecule has 1 fully saturated rings. The molecule has 18 heavy (non-hydrogen) atoms. The first kappa shape index (κ1) is 13.8. The molecule has 2 N–H and O–H groups in total. The first-order valence-electron chi connectivity index (χ1n) is 6.09. The molecule has 1 aliphatic heterocycles. The minimum Gasteiger partial charge on any atom is -0.352 e. The number of amides is 1. The van der Waals surface area contributed by atoms with Gasteiger partial charge in [-0.1, -0.05) is 27.5 Å². The molecule has 1 aromatic carbocycles. The number of halogens is 2. The highest BCUT2D eigenvalue weighted by Gasteiger charge is 2.16. The fourth-order valence-electron chi connectivity index (χ4n) is 2.06. The van der Waals surface area contributed by atoms with Crippen molar-refractivity contribution in [2.75, 3.05) is 13.1 Å². The van der Waals surface area contributed by atoms with Crippen LogP contribution < -0.4 is 10.6 Å². The van der Waals surface area contributed by atoms with Gasteiger partial charge in [0.15, 0.2) is 0 Å². The van der Waals surface area contributed by atoms with Crippen LogP contribution >= 0.6 is 27.5 Å². The van der Waals surface area contributed by atoms with Gasteiger partial charge in [-0.25, -0.2) is 0 Å². The fraction of sp³-hybridized carbons (Fsp3) is 0.462. The Kier molecular flexibility index (Phi) is 5.03. The summed E-state index contributed by atoms with van der Waals surface area (Å²) < 4.78 is 1.00. The maximum absolute atomic E-state index is 11.8. The number of carbonyl (C=O) groups is 1. The van der Waals surface area contributed by atoms with E-state index in [0.29, 0.717) is 23.9 Å². The Bertz CT molecular complexity index is 433. The lowest BCUT2D eigenvalue weighted by atomic mass is 10.1. The zero-order chi connectivity index (χ0) is 13.0. The monoisotopic (exact) mass is 330 g/mol. The molecule has 1 unspecified atom stereocenters. The molecule has 1 saturated heterocycles. The van der Waals surface area contributed by atoms with Crippen molar-refractivity contribution >= 4 is 33.4 Å². The Hall–Kier alpha value is -0.580. The lowest BCUT2D eigenvalue weighted by molar-refractivity contribution is -0.121. The van der Waals surface area contributed by atoms with Crippen molar-refractivity contribution in [3.8, 4) is 0 Å². The van der Waals surface area contributed by atoms with Gasteiger partial charge in [-0.2, -0.15) is 0 Å². The summed E-state index contributed by atoms with van der Waals surface area (Å²) in [7, 11) is 0. The van der Waals surface area contributed by atoms with Gasteiger partial charge in [-0.15, -0.1) is 0 Å². The van der Waals surface area contributed by atoms with E-state index < -0.39 is 0 Å². The molecular weight excluding hydrogens is 316 g/mol. The molecule has 0 bridgehead atoms. The van der Waals surface area contributed by atoms with Gasteiger partial charge in [0.1, 0.15) is 0 Å². The summed E-state index contributed by atoms with van der Waals surface area (Å²) in [5, 5.41) is 6.96. The minimum absolute atomic E-state index is 0.107. The Labute approximate surface area is 120 Å². The van der Waals surface area contributed by atoms with Gasteiger partial charge in [0.25, 0.3) is 0 Å². The van der Waals surface area contributed by atoms with Crippen LogP contribution in [-0.2, 0) is 11.2 Å². The molecule has 5 heteroatoms. The molecule has 0 saturated carbocycles. The summed E-state index contributed by atoms with van der Waals surface area (Å²) >= 11 is 9.41. The molecule has 1 amide bonds. The van der Waals surface area contributed by atoms with E-state index in [-0.39, 0.29) is 5.91 Å². The van der Waals surface area contributed by atoms with Crippen molar-refractivity contribution in [3.05, 3.63) is 33.3 Å². The lowest BCUT2D eigenvalue weighted by Crippen LogP contribution is -2.36. The average Bonchev–Trinajstić information content (AvgIpc) is 2.83.